The van der Waals surface area contributed by atoms with E-state index in [9.17, 15) is 4.79 Å². The molecule has 0 radical (unpaired) electrons. The molecule has 0 aromatic carbocycles. The Bertz CT molecular complexity index is 116. The molecular weight excluding hydrogens is 150 g/mol. The van der Waals surface area contributed by atoms with E-state index in [-0.39, 0.29) is 0 Å². The van der Waals surface area contributed by atoms with Crippen molar-refractivity contribution in [3.8, 4) is 0 Å². The van der Waals surface area contributed by atoms with Crippen LogP contribution in [0.4, 0.5) is 0 Å². The van der Waals surface area contributed by atoms with Gasteiger partial charge in [-0.3, -0.25) is 4.79 Å². The summed E-state index contributed by atoms with van der Waals surface area (Å²) in [5.74, 6) is 0.0666. The summed E-state index contributed by atoms with van der Waals surface area (Å²) < 4.78 is 0. The molecule has 10 heavy (non-hydrogen) atoms. The molecule has 2 N–H and O–H groups in total. The first kappa shape index (κ1) is 9.76. The zero-order chi connectivity index (χ0) is 8.15. The molecular formula is C7H14ClNO. The quantitative estimate of drug-likeness (QED) is 0.628. The number of amides is 1. The van der Waals surface area contributed by atoms with Gasteiger partial charge in [0.15, 0.2) is 0 Å². The summed E-state index contributed by atoms with van der Waals surface area (Å²) in [5, 5.41) is -0.491. The number of carbonyl (C=O) groups is 1. The molecule has 0 aliphatic carbocycles. The SMILES string of the molecule is CCC(C)CC(Cl)C(N)=O. The van der Waals surface area contributed by atoms with Crippen LogP contribution in [-0.4, -0.2) is 11.3 Å². The predicted octanol–water partition coefficient (Wildman–Crippen LogP) is 1.52. The van der Waals surface area contributed by atoms with E-state index in [0.717, 1.165) is 6.42 Å². The van der Waals surface area contributed by atoms with Gasteiger partial charge in [-0.15, -0.1) is 11.6 Å². The van der Waals surface area contributed by atoms with Crippen LogP contribution in [0.3, 0.4) is 0 Å². The zero-order valence-corrected chi connectivity index (χ0v) is 7.19. The van der Waals surface area contributed by atoms with Crippen LogP contribution in [0.1, 0.15) is 26.7 Å². The van der Waals surface area contributed by atoms with Crippen LogP contribution >= 0.6 is 11.6 Å². The molecule has 0 heterocycles. The smallest absolute Gasteiger partial charge is 0.235 e. The van der Waals surface area contributed by atoms with Gasteiger partial charge in [-0.25, -0.2) is 0 Å². The standard InChI is InChI=1S/C7H14ClNO/c1-3-5(2)4-6(8)7(9)10/h5-6H,3-4H2,1-2H3,(H2,9,10). The van der Waals surface area contributed by atoms with Crippen molar-refractivity contribution < 1.29 is 4.79 Å². The maximum absolute atomic E-state index is 10.4. The lowest BCUT2D eigenvalue weighted by Crippen LogP contribution is -2.25. The second kappa shape index (κ2) is 4.56. The minimum atomic E-state index is -0.491. The van der Waals surface area contributed by atoms with Gasteiger partial charge < -0.3 is 5.73 Å². The van der Waals surface area contributed by atoms with Crippen molar-refractivity contribution in [3.63, 3.8) is 0 Å². The molecule has 0 aliphatic heterocycles. The Hall–Kier alpha value is -0.240. The van der Waals surface area contributed by atoms with E-state index in [4.69, 9.17) is 17.3 Å². The van der Waals surface area contributed by atoms with E-state index in [1.165, 1.54) is 0 Å². The van der Waals surface area contributed by atoms with Crippen LogP contribution in [-0.2, 0) is 4.79 Å². The third-order valence-corrected chi connectivity index (χ3v) is 2.01. The molecule has 2 atom stereocenters. The van der Waals surface area contributed by atoms with Gasteiger partial charge in [-0.2, -0.15) is 0 Å². The number of carbonyl (C=O) groups excluding carboxylic acids is 1. The topological polar surface area (TPSA) is 43.1 Å². The highest BCUT2D eigenvalue weighted by Crippen LogP contribution is 2.13. The lowest BCUT2D eigenvalue weighted by Gasteiger charge is -2.09. The molecule has 0 aromatic rings. The van der Waals surface area contributed by atoms with E-state index in [1.807, 2.05) is 0 Å². The second-order valence-corrected chi connectivity index (χ2v) is 3.15. The van der Waals surface area contributed by atoms with E-state index in [0.29, 0.717) is 12.3 Å². The van der Waals surface area contributed by atoms with E-state index in [2.05, 4.69) is 13.8 Å². The first-order valence-electron chi connectivity index (χ1n) is 3.51. The number of hydrogen-bond donors (Lipinski definition) is 1. The van der Waals surface area contributed by atoms with Crippen LogP contribution in [0.2, 0.25) is 0 Å². The summed E-state index contributed by atoms with van der Waals surface area (Å²) in [4.78, 5) is 10.4. The van der Waals surface area contributed by atoms with Crippen molar-refractivity contribution in [2.45, 2.75) is 32.1 Å². The van der Waals surface area contributed by atoms with E-state index < -0.39 is 11.3 Å². The summed E-state index contributed by atoms with van der Waals surface area (Å²) in [5.41, 5.74) is 4.97. The summed E-state index contributed by atoms with van der Waals surface area (Å²) in [7, 11) is 0. The fraction of sp³-hybridized carbons (Fsp3) is 0.857. The lowest BCUT2D eigenvalue weighted by atomic mass is 10.0. The first-order valence-corrected chi connectivity index (χ1v) is 3.95. The number of alkyl halides is 1. The Morgan fingerprint density at radius 2 is 2.20 bits per heavy atom. The summed E-state index contributed by atoms with van der Waals surface area (Å²) in [6.07, 6.45) is 1.73. The normalized spacial score (nSPS) is 16.3. The third kappa shape index (κ3) is 3.72. The molecule has 0 bridgehead atoms. The molecule has 0 rings (SSSR count). The summed E-state index contributed by atoms with van der Waals surface area (Å²) >= 11 is 5.61. The molecule has 0 fully saturated rings. The molecule has 2 unspecified atom stereocenters. The van der Waals surface area contributed by atoms with Gasteiger partial charge in [0.1, 0.15) is 5.38 Å². The van der Waals surface area contributed by atoms with Gasteiger partial charge in [0.05, 0.1) is 0 Å². The maximum Gasteiger partial charge on any atom is 0.235 e. The highest BCUT2D eigenvalue weighted by atomic mass is 35.5. The van der Waals surface area contributed by atoms with Gasteiger partial charge in [0, 0.05) is 0 Å². The fourth-order valence-corrected chi connectivity index (χ4v) is 0.940. The largest absolute Gasteiger partial charge is 0.368 e. The van der Waals surface area contributed by atoms with Crippen molar-refractivity contribution in [1.29, 1.82) is 0 Å². The third-order valence-electron chi connectivity index (χ3n) is 1.61. The predicted molar refractivity (Wildman–Crippen MR) is 42.9 cm³/mol. The highest BCUT2D eigenvalue weighted by Gasteiger charge is 2.13. The van der Waals surface area contributed by atoms with Gasteiger partial charge in [-0.05, 0) is 12.3 Å². The second-order valence-electron chi connectivity index (χ2n) is 2.62. The minimum absolute atomic E-state index is 0.415. The van der Waals surface area contributed by atoms with Crippen molar-refractivity contribution in [2.75, 3.05) is 0 Å². The number of primary amides is 1. The van der Waals surface area contributed by atoms with Crippen LogP contribution in [0.25, 0.3) is 0 Å². The lowest BCUT2D eigenvalue weighted by molar-refractivity contribution is -0.117. The van der Waals surface area contributed by atoms with Crippen molar-refractivity contribution >= 4 is 17.5 Å². The summed E-state index contributed by atoms with van der Waals surface area (Å²) in [6, 6.07) is 0. The maximum atomic E-state index is 10.4. The average Bonchev–Trinajstić information content (AvgIpc) is 1.87. The number of halogens is 1. The molecule has 0 aromatic heterocycles. The van der Waals surface area contributed by atoms with Gasteiger partial charge in [0.25, 0.3) is 0 Å². The van der Waals surface area contributed by atoms with Crippen molar-refractivity contribution in [3.05, 3.63) is 0 Å². The first-order chi connectivity index (χ1) is 4.57. The number of nitrogens with two attached hydrogens (primary N) is 1. The molecule has 2 nitrogen and oxygen atoms in total. The molecule has 0 saturated carbocycles. The van der Waals surface area contributed by atoms with Gasteiger partial charge >= 0.3 is 0 Å². The van der Waals surface area contributed by atoms with Gasteiger partial charge in [0.2, 0.25) is 5.91 Å². The molecule has 0 saturated heterocycles. The number of rotatable bonds is 4. The van der Waals surface area contributed by atoms with E-state index in [1.54, 1.807) is 0 Å². The molecule has 0 spiro atoms. The van der Waals surface area contributed by atoms with Crippen molar-refractivity contribution in [2.24, 2.45) is 11.7 Å². The number of hydrogen-bond acceptors (Lipinski definition) is 1. The van der Waals surface area contributed by atoms with E-state index >= 15 is 0 Å². The highest BCUT2D eigenvalue weighted by molar-refractivity contribution is 6.30. The fourth-order valence-electron chi connectivity index (χ4n) is 0.636. The molecule has 1 amide bonds. The van der Waals surface area contributed by atoms with Crippen molar-refractivity contribution in [1.82, 2.24) is 0 Å². The molecule has 0 aliphatic rings. The Morgan fingerprint density at radius 3 is 2.50 bits per heavy atom. The molecule has 3 heteroatoms. The van der Waals surface area contributed by atoms with Crippen LogP contribution in [0.5, 0.6) is 0 Å². The average molecular weight is 164 g/mol. The summed E-state index contributed by atoms with van der Waals surface area (Å²) in [6.45, 7) is 4.12. The Morgan fingerprint density at radius 1 is 1.70 bits per heavy atom. The van der Waals surface area contributed by atoms with Crippen LogP contribution in [0.15, 0.2) is 0 Å². The Labute approximate surface area is 66.7 Å². The van der Waals surface area contributed by atoms with Crippen LogP contribution < -0.4 is 5.73 Å². The minimum Gasteiger partial charge on any atom is -0.368 e. The Kier molecular flexibility index (Phi) is 4.45. The van der Waals surface area contributed by atoms with Gasteiger partial charge in [-0.1, -0.05) is 20.3 Å². The molecule has 60 valence electrons. The zero-order valence-electron chi connectivity index (χ0n) is 6.43. The monoisotopic (exact) mass is 163 g/mol. The Balaban J connectivity index is 3.56. The van der Waals surface area contributed by atoms with Crippen LogP contribution in [0, 0.1) is 5.92 Å².